The molecule has 11 heavy (non-hydrogen) atoms. The molecule has 0 radical (unpaired) electrons. The Morgan fingerprint density at radius 1 is 1.27 bits per heavy atom. The molecule has 60 valence electrons. The highest BCUT2D eigenvalue weighted by Gasteiger charge is 2.01. The van der Waals surface area contributed by atoms with Crippen molar-refractivity contribution in [2.24, 2.45) is 0 Å². The highest BCUT2D eigenvalue weighted by molar-refractivity contribution is 6.33. The second kappa shape index (κ2) is 3.99. The fourth-order valence-electron chi connectivity index (χ4n) is 1.01. The lowest BCUT2D eigenvalue weighted by molar-refractivity contribution is 1.13. The van der Waals surface area contributed by atoms with Crippen molar-refractivity contribution in [3.05, 3.63) is 34.3 Å². The van der Waals surface area contributed by atoms with Crippen LogP contribution in [0.4, 0.5) is 0 Å². The Balaban J connectivity index is 3.10. The number of hydrogen-bond donors (Lipinski definition) is 0. The Hall–Kier alpha value is -0.200. The highest BCUT2D eigenvalue weighted by atomic mass is 35.5. The second-order valence-electron chi connectivity index (χ2n) is 2.38. The van der Waals surface area contributed by atoms with Crippen molar-refractivity contribution in [3.8, 4) is 0 Å². The van der Waals surface area contributed by atoms with Crippen LogP contribution in [0, 0.1) is 0 Å². The molecule has 0 saturated heterocycles. The lowest BCUT2D eigenvalue weighted by atomic mass is 10.1. The molecule has 0 heterocycles. The molecule has 1 aromatic carbocycles. The van der Waals surface area contributed by atoms with E-state index in [1.54, 1.807) is 0 Å². The fourth-order valence-corrected chi connectivity index (χ4v) is 1.63. The van der Waals surface area contributed by atoms with Crippen LogP contribution < -0.4 is 0 Å². The van der Waals surface area contributed by atoms with E-state index < -0.39 is 0 Å². The fraction of sp³-hybridized carbons (Fsp3) is 0.333. The van der Waals surface area contributed by atoms with Gasteiger partial charge in [0.25, 0.3) is 0 Å². The highest BCUT2D eigenvalue weighted by Crippen LogP contribution is 2.22. The van der Waals surface area contributed by atoms with E-state index in [-0.39, 0.29) is 0 Å². The SMILES string of the molecule is CCc1cccc(CCl)c1Cl. The predicted octanol–water partition coefficient (Wildman–Crippen LogP) is 3.64. The van der Waals surface area contributed by atoms with Crippen molar-refractivity contribution in [2.75, 3.05) is 0 Å². The van der Waals surface area contributed by atoms with E-state index in [1.165, 1.54) is 5.56 Å². The van der Waals surface area contributed by atoms with E-state index in [9.17, 15) is 0 Å². The molecular formula is C9H10Cl2. The summed E-state index contributed by atoms with van der Waals surface area (Å²) < 4.78 is 0. The number of aryl methyl sites for hydroxylation is 1. The Labute approximate surface area is 77.1 Å². The molecular weight excluding hydrogens is 179 g/mol. The maximum absolute atomic E-state index is 6.02. The second-order valence-corrected chi connectivity index (χ2v) is 3.02. The van der Waals surface area contributed by atoms with Crippen LogP contribution in [0.2, 0.25) is 5.02 Å². The lowest BCUT2D eigenvalue weighted by Crippen LogP contribution is -1.86. The first-order valence-corrected chi connectivity index (χ1v) is 4.53. The minimum absolute atomic E-state index is 0.493. The summed E-state index contributed by atoms with van der Waals surface area (Å²) >= 11 is 11.7. The van der Waals surface area contributed by atoms with Gasteiger partial charge < -0.3 is 0 Å². The van der Waals surface area contributed by atoms with Gasteiger partial charge in [0.2, 0.25) is 0 Å². The summed E-state index contributed by atoms with van der Waals surface area (Å²) in [7, 11) is 0. The molecule has 0 amide bonds. The Bertz CT molecular complexity index is 221. The predicted molar refractivity (Wildman–Crippen MR) is 50.4 cm³/mol. The number of alkyl halides is 1. The zero-order valence-corrected chi connectivity index (χ0v) is 7.91. The summed E-state index contributed by atoms with van der Waals surface area (Å²) in [4.78, 5) is 0. The largest absolute Gasteiger partial charge is 0.121 e. The molecule has 0 aromatic heterocycles. The lowest BCUT2D eigenvalue weighted by Gasteiger charge is -2.03. The Morgan fingerprint density at radius 3 is 2.45 bits per heavy atom. The van der Waals surface area contributed by atoms with Gasteiger partial charge in [-0.25, -0.2) is 0 Å². The Morgan fingerprint density at radius 2 is 1.91 bits per heavy atom. The van der Waals surface area contributed by atoms with Crippen LogP contribution in [0.5, 0.6) is 0 Å². The van der Waals surface area contributed by atoms with Gasteiger partial charge in [-0.1, -0.05) is 36.7 Å². The average Bonchev–Trinajstić information content (AvgIpc) is 2.05. The van der Waals surface area contributed by atoms with Gasteiger partial charge in [-0.3, -0.25) is 0 Å². The first-order chi connectivity index (χ1) is 5.29. The normalized spacial score (nSPS) is 10.1. The van der Waals surface area contributed by atoms with Crippen molar-refractivity contribution >= 4 is 23.2 Å². The molecule has 0 spiro atoms. The number of halogens is 2. The number of benzene rings is 1. The van der Waals surface area contributed by atoms with E-state index in [2.05, 4.69) is 6.92 Å². The summed E-state index contributed by atoms with van der Waals surface area (Å²) in [6.07, 6.45) is 0.962. The van der Waals surface area contributed by atoms with Crippen LogP contribution in [0.25, 0.3) is 0 Å². The minimum Gasteiger partial charge on any atom is -0.121 e. The van der Waals surface area contributed by atoms with Crippen molar-refractivity contribution in [1.82, 2.24) is 0 Å². The summed E-state index contributed by atoms with van der Waals surface area (Å²) in [6, 6.07) is 5.97. The summed E-state index contributed by atoms with van der Waals surface area (Å²) in [6.45, 7) is 2.08. The third-order valence-corrected chi connectivity index (χ3v) is 2.46. The van der Waals surface area contributed by atoms with Crippen LogP contribution in [0.3, 0.4) is 0 Å². The molecule has 0 nitrogen and oxygen atoms in total. The summed E-state index contributed by atoms with van der Waals surface area (Å²) in [5, 5.41) is 0.824. The van der Waals surface area contributed by atoms with Gasteiger partial charge in [-0.2, -0.15) is 0 Å². The number of rotatable bonds is 2. The summed E-state index contributed by atoms with van der Waals surface area (Å²) in [5.74, 6) is 0.493. The molecule has 0 atom stereocenters. The quantitative estimate of drug-likeness (QED) is 0.623. The van der Waals surface area contributed by atoms with Crippen molar-refractivity contribution in [1.29, 1.82) is 0 Å². The molecule has 1 aromatic rings. The molecule has 0 N–H and O–H groups in total. The van der Waals surface area contributed by atoms with Crippen molar-refractivity contribution < 1.29 is 0 Å². The molecule has 2 heteroatoms. The van der Waals surface area contributed by atoms with Crippen LogP contribution in [-0.4, -0.2) is 0 Å². The van der Waals surface area contributed by atoms with Gasteiger partial charge in [-0.05, 0) is 17.5 Å². The van der Waals surface area contributed by atoms with Gasteiger partial charge in [0.1, 0.15) is 0 Å². The molecule has 0 bridgehead atoms. The van der Waals surface area contributed by atoms with E-state index in [0.29, 0.717) is 5.88 Å². The number of hydrogen-bond acceptors (Lipinski definition) is 0. The van der Waals surface area contributed by atoms with E-state index >= 15 is 0 Å². The zero-order chi connectivity index (χ0) is 8.27. The van der Waals surface area contributed by atoms with E-state index in [1.807, 2.05) is 18.2 Å². The van der Waals surface area contributed by atoms with Crippen LogP contribution in [0.15, 0.2) is 18.2 Å². The van der Waals surface area contributed by atoms with Crippen LogP contribution in [0.1, 0.15) is 18.1 Å². The molecule has 0 aliphatic rings. The molecule has 0 unspecified atom stereocenters. The third kappa shape index (κ3) is 1.88. The topological polar surface area (TPSA) is 0 Å². The van der Waals surface area contributed by atoms with Gasteiger partial charge in [-0.15, -0.1) is 11.6 Å². The maximum Gasteiger partial charge on any atom is 0.0488 e. The van der Waals surface area contributed by atoms with E-state index in [4.69, 9.17) is 23.2 Å². The van der Waals surface area contributed by atoms with Gasteiger partial charge in [0, 0.05) is 10.9 Å². The smallest absolute Gasteiger partial charge is 0.0488 e. The standard InChI is InChI=1S/C9H10Cl2/c1-2-7-4-3-5-8(6-10)9(7)11/h3-5H,2,6H2,1H3. The first kappa shape index (κ1) is 8.89. The zero-order valence-electron chi connectivity index (χ0n) is 6.40. The van der Waals surface area contributed by atoms with E-state index in [0.717, 1.165) is 17.0 Å². The summed E-state index contributed by atoms with van der Waals surface area (Å²) in [5.41, 5.74) is 2.19. The monoisotopic (exact) mass is 188 g/mol. The van der Waals surface area contributed by atoms with Crippen LogP contribution in [-0.2, 0) is 12.3 Å². The van der Waals surface area contributed by atoms with Gasteiger partial charge in [0.15, 0.2) is 0 Å². The molecule has 1 rings (SSSR count). The van der Waals surface area contributed by atoms with Crippen molar-refractivity contribution in [2.45, 2.75) is 19.2 Å². The third-order valence-electron chi connectivity index (χ3n) is 1.68. The molecule has 0 saturated carbocycles. The average molecular weight is 189 g/mol. The first-order valence-electron chi connectivity index (χ1n) is 3.61. The molecule has 0 aliphatic carbocycles. The molecule has 0 fully saturated rings. The molecule has 0 aliphatic heterocycles. The van der Waals surface area contributed by atoms with Crippen LogP contribution >= 0.6 is 23.2 Å². The van der Waals surface area contributed by atoms with Gasteiger partial charge in [0.05, 0.1) is 0 Å². The Kier molecular flexibility index (Phi) is 3.22. The van der Waals surface area contributed by atoms with Gasteiger partial charge >= 0.3 is 0 Å². The maximum atomic E-state index is 6.02. The van der Waals surface area contributed by atoms with Crippen molar-refractivity contribution in [3.63, 3.8) is 0 Å². The minimum atomic E-state index is 0.493.